The Labute approximate surface area is 139 Å². The summed E-state index contributed by atoms with van der Waals surface area (Å²) in [4.78, 5) is 27.4. The van der Waals surface area contributed by atoms with Crippen LogP contribution in [-0.2, 0) is 16.0 Å². The standard InChI is InChI=1S/C17H15ClN3O2/c18-13-7-4-12(5-8-13)6-9-16(22)21-15(17(19)23)11-14-3-1-2-10-20-14/h1-10,15,19H,11H2,(H,21,22)/b9-6+/t15-/m0/s1. The van der Waals surface area contributed by atoms with Crippen LogP contribution in [0, 0.1) is 0 Å². The van der Waals surface area contributed by atoms with Crippen molar-refractivity contribution < 1.29 is 9.59 Å². The molecule has 1 aromatic heterocycles. The molecule has 1 heterocycles. The number of hydrogen-bond donors (Lipinski definition) is 1. The van der Waals surface area contributed by atoms with Crippen molar-refractivity contribution in [2.45, 2.75) is 12.5 Å². The summed E-state index contributed by atoms with van der Waals surface area (Å²) < 4.78 is 0. The molecule has 0 saturated carbocycles. The van der Waals surface area contributed by atoms with Crippen molar-refractivity contribution >= 4 is 29.5 Å². The van der Waals surface area contributed by atoms with Gasteiger partial charge in [0, 0.05) is 29.4 Å². The zero-order valence-electron chi connectivity index (χ0n) is 12.2. The molecule has 5 nitrogen and oxygen atoms in total. The summed E-state index contributed by atoms with van der Waals surface area (Å²) in [5.74, 6) is -1.30. The van der Waals surface area contributed by atoms with E-state index in [2.05, 4.69) is 10.3 Å². The van der Waals surface area contributed by atoms with Gasteiger partial charge in [0.05, 0.1) is 0 Å². The van der Waals surface area contributed by atoms with Gasteiger partial charge in [0.1, 0.15) is 6.04 Å². The second-order valence-corrected chi connectivity index (χ2v) is 5.27. The molecule has 0 saturated heterocycles. The molecule has 0 aliphatic carbocycles. The van der Waals surface area contributed by atoms with Gasteiger partial charge in [-0.1, -0.05) is 29.8 Å². The van der Waals surface area contributed by atoms with Gasteiger partial charge in [-0.2, -0.15) is 0 Å². The molecule has 0 aliphatic rings. The zero-order valence-corrected chi connectivity index (χ0v) is 13.0. The summed E-state index contributed by atoms with van der Waals surface area (Å²) >= 11 is 5.79. The number of halogens is 1. The number of amides is 2. The number of nitrogens with zero attached hydrogens (tertiary/aromatic N) is 1. The fraction of sp³-hybridized carbons (Fsp3) is 0.118. The summed E-state index contributed by atoms with van der Waals surface area (Å²) in [6, 6.07) is 11.3. The Kier molecular flexibility index (Phi) is 5.88. The predicted octanol–water partition coefficient (Wildman–Crippen LogP) is 2.29. The molecule has 0 unspecified atom stereocenters. The Morgan fingerprint density at radius 1 is 1.22 bits per heavy atom. The van der Waals surface area contributed by atoms with E-state index in [1.165, 1.54) is 6.08 Å². The van der Waals surface area contributed by atoms with Crippen molar-refractivity contribution in [3.63, 3.8) is 0 Å². The van der Waals surface area contributed by atoms with Gasteiger partial charge in [0.2, 0.25) is 5.91 Å². The van der Waals surface area contributed by atoms with Crippen LogP contribution >= 0.6 is 11.6 Å². The quantitative estimate of drug-likeness (QED) is 0.826. The summed E-state index contributed by atoms with van der Waals surface area (Å²) in [6.45, 7) is 0. The van der Waals surface area contributed by atoms with E-state index in [1.807, 2.05) is 0 Å². The van der Waals surface area contributed by atoms with Crippen molar-refractivity contribution in [1.82, 2.24) is 16.0 Å². The largest absolute Gasteiger partial charge is 0.340 e. The Morgan fingerprint density at radius 3 is 2.57 bits per heavy atom. The van der Waals surface area contributed by atoms with Gasteiger partial charge in [-0.05, 0) is 35.9 Å². The van der Waals surface area contributed by atoms with Gasteiger partial charge >= 0.3 is 0 Å². The summed E-state index contributed by atoms with van der Waals surface area (Å²) in [5, 5.41) is 3.13. The Balaban J connectivity index is 1.98. The van der Waals surface area contributed by atoms with Crippen LogP contribution in [0.3, 0.4) is 0 Å². The molecule has 2 amide bonds. The third kappa shape index (κ3) is 5.56. The third-order valence-electron chi connectivity index (χ3n) is 3.07. The van der Waals surface area contributed by atoms with E-state index in [4.69, 9.17) is 17.3 Å². The lowest BCUT2D eigenvalue weighted by Crippen LogP contribution is -2.42. The zero-order chi connectivity index (χ0) is 16.7. The smallest absolute Gasteiger partial charge is 0.261 e. The molecule has 1 atom stereocenters. The molecule has 6 heteroatoms. The second-order valence-electron chi connectivity index (χ2n) is 4.84. The fourth-order valence-corrected chi connectivity index (χ4v) is 2.03. The van der Waals surface area contributed by atoms with E-state index >= 15 is 0 Å². The number of hydrogen-bond acceptors (Lipinski definition) is 3. The monoisotopic (exact) mass is 328 g/mol. The number of aromatic nitrogens is 1. The number of nitrogens with one attached hydrogen (secondary N) is 2. The predicted molar refractivity (Wildman–Crippen MR) is 88.5 cm³/mol. The number of rotatable bonds is 6. The van der Waals surface area contributed by atoms with Crippen LogP contribution < -0.4 is 11.1 Å². The van der Waals surface area contributed by atoms with Crippen molar-refractivity contribution in [3.05, 3.63) is 71.0 Å². The van der Waals surface area contributed by atoms with Crippen LogP contribution in [0.2, 0.25) is 5.02 Å². The van der Waals surface area contributed by atoms with E-state index in [0.717, 1.165) is 5.56 Å². The maximum Gasteiger partial charge on any atom is 0.261 e. The number of pyridine rings is 1. The highest BCUT2D eigenvalue weighted by Crippen LogP contribution is 2.10. The Morgan fingerprint density at radius 2 is 1.96 bits per heavy atom. The molecule has 2 aromatic rings. The fourth-order valence-electron chi connectivity index (χ4n) is 1.90. The first-order chi connectivity index (χ1) is 11.0. The molecule has 1 aromatic carbocycles. The average Bonchev–Trinajstić information content (AvgIpc) is 2.54. The van der Waals surface area contributed by atoms with E-state index in [0.29, 0.717) is 10.7 Å². The lowest BCUT2D eigenvalue weighted by molar-refractivity contribution is -0.125. The highest BCUT2D eigenvalue weighted by Gasteiger charge is 2.18. The highest BCUT2D eigenvalue weighted by atomic mass is 35.5. The molecule has 2 N–H and O–H groups in total. The second kappa shape index (κ2) is 8.10. The van der Waals surface area contributed by atoms with E-state index in [-0.39, 0.29) is 6.42 Å². The van der Waals surface area contributed by atoms with Gasteiger partial charge in [0.25, 0.3) is 5.91 Å². The first-order valence-electron chi connectivity index (χ1n) is 6.94. The molecular formula is C17H15ClN3O2. The number of carbonyl (C=O) groups is 2. The molecule has 23 heavy (non-hydrogen) atoms. The average molecular weight is 329 g/mol. The van der Waals surface area contributed by atoms with Crippen LogP contribution in [0.25, 0.3) is 6.08 Å². The van der Waals surface area contributed by atoms with Crippen LogP contribution in [0.4, 0.5) is 0 Å². The minimum atomic E-state index is -0.924. The van der Waals surface area contributed by atoms with Crippen molar-refractivity contribution in [2.75, 3.05) is 0 Å². The van der Waals surface area contributed by atoms with Gasteiger partial charge < -0.3 is 5.32 Å². The minimum absolute atomic E-state index is 0.184. The van der Waals surface area contributed by atoms with Gasteiger partial charge in [-0.25, -0.2) is 0 Å². The molecule has 0 bridgehead atoms. The van der Waals surface area contributed by atoms with Gasteiger partial charge in [-0.3, -0.25) is 20.3 Å². The SMILES string of the molecule is [NH]C(=O)[C@H](Cc1ccccn1)NC(=O)/C=C/c1ccc(Cl)cc1. The normalized spacial score (nSPS) is 12.0. The highest BCUT2D eigenvalue weighted by molar-refractivity contribution is 6.30. The molecule has 1 radical (unpaired) electrons. The molecule has 117 valence electrons. The van der Waals surface area contributed by atoms with Gasteiger partial charge in [-0.15, -0.1) is 0 Å². The van der Waals surface area contributed by atoms with Crippen LogP contribution in [0.1, 0.15) is 11.3 Å². The van der Waals surface area contributed by atoms with Crippen LogP contribution in [-0.4, -0.2) is 22.8 Å². The molecule has 0 aliphatic heterocycles. The van der Waals surface area contributed by atoms with Crippen LogP contribution in [0.15, 0.2) is 54.7 Å². The first-order valence-corrected chi connectivity index (χ1v) is 7.32. The van der Waals surface area contributed by atoms with E-state index in [9.17, 15) is 9.59 Å². The molecule has 0 spiro atoms. The van der Waals surface area contributed by atoms with Crippen molar-refractivity contribution in [1.29, 1.82) is 0 Å². The lowest BCUT2D eigenvalue weighted by atomic mass is 10.1. The lowest BCUT2D eigenvalue weighted by Gasteiger charge is -2.13. The number of benzene rings is 1. The maximum atomic E-state index is 11.9. The number of carbonyl (C=O) groups excluding carboxylic acids is 2. The van der Waals surface area contributed by atoms with E-state index in [1.54, 1.807) is 54.7 Å². The topological polar surface area (TPSA) is 82.9 Å². The Hall–Kier alpha value is -2.66. The first kappa shape index (κ1) is 16.7. The summed E-state index contributed by atoms with van der Waals surface area (Å²) in [7, 11) is 0. The Bertz CT molecular complexity index is 700. The van der Waals surface area contributed by atoms with Crippen molar-refractivity contribution in [3.8, 4) is 0 Å². The molecule has 2 rings (SSSR count). The maximum absolute atomic E-state index is 11.9. The summed E-state index contributed by atoms with van der Waals surface area (Å²) in [5.41, 5.74) is 8.72. The van der Waals surface area contributed by atoms with Crippen molar-refractivity contribution in [2.24, 2.45) is 0 Å². The minimum Gasteiger partial charge on any atom is -0.340 e. The molecular weight excluding hydrogens is 314 g/mol. The van der Waals surface area contributed by atoms with Crippen LogP contribution in [0.5, 0.6) is 0 Å². The molecule has 0 fully saturated rings. The van der Waals surface area contributed by atoms with Gasteiger partial charge in [0.15, 0.2) is 0 Å². The third-order valence-corrected chi connectivity index (χ3v) is 3.32. The van der Waals surface area contributed by atoms with E-state index < -0.39 is 17.9 Å². The summed E-state index contributed by atoms with van der Waals surface area (Å²) in [6.07, 6.45) is 4.71.